The predicted octanol–water partition coefficient (Wildman–Crippen LogP) is 4.27. The third-order valence-corrected chi connectivity index (χ3v) is 5.05. The fourth-order valence-electron chi connectivity index (χ4n) is 3.32. The number of anilines is 4. The van der Waals surface area contributed by atoms with Gasteiger partial charge in [0.2, 0.25) is 17.8 Å². The number of nitro benzene ring substituents is 1. The Hall–Kier alpha value is -4.08. The molecule has 2 N–H and O–H groups in total. The normalized spacial score (nSPS) is 13.8. The highest BCUT2D eigenvalue weighted by Crippen LogP contribution is 2.22. The number of hydrazone groups is 1. The van der Waals surface area contributed by atoms with Crippen LogP contribution in [-0.2, 0) is 0 Å². The van der Waals surface area contributed by atoms with Crippen molar-refractivity contribution in [2.45, 2.75) is 26.2 Å². The first-order valence-electron chi connectivity index (χ1n) is 10.4. The molecular formula is C22H24N8O2. The molecule has 0 unspecified atom stereocenters. The number of nitro groups is 1. The van der Waals surface area contributed by atoms with E-state index in [1.807, 2.05) is 31.2 Å². The van der Waals surface area contributed by atoms with Gasteiger partial charge in [0, 0.05) is 30.9 Å². The molecule has 2 heterocycles. The third kappa shape index (κ3) is 5.54. The maximum absolute atomic E-state index is 10.9. The molecule has 2 aromatic carbocycles. The van der Waals surface area contributed by atoms with Gasteiger partial charge in [0.15, 0.2) is 0 Å². The van der Waals surface area contributed by atoms with E-state index in [1.165, 1.54) is 24.1 Å². The lowest BCUT2D eigenvalue weighted by atomic mass is 10.1. The lowest BCUT2D eigenvalue weighted by molar-refractivity contribution is -0.384. The average Bonchev–Trinajstić information content (AvgIpc) is 2.81. The van der Waals surface area contributed by atoms with Crippen molar-refractivity contribution >= 4 is 35.4 Å². The fourth-order valence-corrected chi connectivity index (χ4v) is 3.32. The second kappa shape index (κ2) is 9.82. The van der Waals surface area contributed by atoms with Gasteiger partial charge >= 0.3 is 0 Å². The van der Waals surface area contributed by atoms with Crippen LogP contribution in [0.4, 0.5) is 29.2 Å². The zero-order valence-electron chi connectivity index (χ0n) is 17.7. The highest BCUT2D eigenvalue weighted by molar-refractivity contribution is 5.80. The molecule has 1 aliphatic heterocycles. The van der Waals surface area contributed by atoms with Crippen LogP contribution in [-0.4, -0.2) is 39.2 Å². The van der Waals surface area contributed by atoms with Gasteiger partial charge in [-0.1, -0.05) is 29.8 Å². The van der Waals surface area contributed by atoms with Crippen LogP contribution in [0.3, 0.4) is 0 Å². The summed E-state index contributed by atoms with van der Waals surface area (Å²) in [7, 11) is 0. The number of aryl methyl sites for hydroxylation is 1. The molecule has 0 aliphatic carbocycles. The number of nitrogens with one attached hydrogen (secondary N) is 2. The molecule has 0 atom stereocenters. The van der Waals surface area contributed by atoms with Gasteiger partial charge in [0.05, 0.1) is 11.1 Å². The number of rotatable bonds is 7. The largest absolute Gasteiger partial charge is 0.341 e. The Morgan fingerprint density at radius 1 is 0.969 bits per heavy atom. The van der Waals surface area contributed by atoms with Crippen molar-refractivity contribution in [1.82, 2.24) is 15.0 Å². The smallest absolute Gasteiger partial charge is 0.269 e. The van der Waals surface area contributed by atoms with Crippen LogP contribution in [0.15, 0.2) is 53.6 Å². The minimum atomic E-state index is -0.435. The highest BCUT2D eigenvalue weighted by Gasteiger charge is 2.16. The third-order valence-electron chi connectivity index (χ3n) is 5.05. The molecule has 0 amide bonds. The summed E-state index contributed by atoms with van der Waals surface area (Å²) in [5, 5.41) is 18.2. The second-order valence-corrected chi connectivity index (χ2v) is 7.54. The molecule has 10 nitrogen and oxygen atoms in total. The molecule has 4 rings (SSSR count). The molecule has 1 saturated heterocycles. The second-order valence-electron chi connectivity index (χ2n) is 7.54. The summed E-state index contributed by atoms with van der Waals surface area (Å²) in [6.45, 7) is 3.80. The van der Waals surface area contributed by atoms with Crippen LogP contribution >= 0.6 is 0 Å². The van der Waals surface area contributed by atoms with Crippen LogP contribution in [0.25, 0.3) is 0 Å². The average molecular weight is 432 g/mol. The zero-order valence-corrected chi connectivity index (χ0v) is 17.7. The molecule has 10 heteroatoms. The monoisotopic (exact) mass is 432 g/mol. The van der Waals surface area contributed by atoms with E-state index in [0.717, 1.165) is 31.5 Å². The van der Waals surface area contributed by atoms with Gasteiger partial charge in [0.25, 0.3) is 5.69 Å². The maximum atomic E-state index is 10.9. The molecule has 1 aromatic heterocycles. The summed E-state index contributed by atoms with van der Waals surface area (Å²) in [5.74, 6) is 1.22. The van der Waals surface area contributed by atoms with E-state index in [-0.39, 0.29) is 5.69 Å². The van der Waals surface area contributed by atoms with Crippen LogP contribution in [0.1, 0.15) is 30.4 Å². The standard InChI is InChI=1S/C22H24N8O2/c1-16-5-7-17(8-6-16)15-23-28-21-25-20(24-18-9-11-19(12-10-18)30(31)32)26-22(27-21)29-13-3-2-4-14-29/h5-12,15H,2-4,13-14H2,1H3,(H2,24,25,26,27,28). The zero-order chi connectivity index (χ0) is 22.3. The maximum Gasteiger partial charge on any atom is 0.269 e. The quantitative estimate of drug-likeness (QED) is 0.322. The van der Waals surface area contributed by atoms with Gasteiger partial charge in [-0.05, 0) is 43.9 Å². The number of hydrogen-bond donors (Lipinski definition) is 2. The van der Waals surface area contributed by atoms with Crippen molar-refractivity contribution in [3.8, 4) is 0 Å². The van der Waals surface area contributed by atoms with Crippen molar-refractivity contribution in [2.24, 2.45) is 5.10 Å². The van der Waals surface area contributed by atoms with E-state index in [9.17, 15) is 10.1 Å². The van der Waals surface area contributed by atoms with Gasteiger partial charge < -0.3 is 10.2 Å². The van der Waals surface area contributed by atoms with Gasteiger partial charge in [0.1, 0.15) is 0 Å². The predicted molar refractivity (Wildman–Crippen MR) is 125 cm³/mol. The molecule has 32 heavy (non-hydrogen) atoms. The summed E-state index contributed by atoms with van der Waals surface area (Å²) < 4.78 is 0. The Bertz CT molecular complexity index is 1090. The lowest BCUT2D eigenvalue weighted by Gasteiger charge is -2.26. The number of nitrogens with zero attached hydrogens (tertiary/aromatic N) is 6. The summed E-state index contributed by atoms with van der Waals surface area (Å²) in [6, 6.07) is 14.1. The van der Waals surface area contributed by atoms with E-state index in [1.54, 1.807) is 18.3 Å². The van der Waals surface area contributed by atoms with Crippen molar-refractivity contribution in [2.75, 3.05) is 28.7 Å². The highest BCUT2D eigenvalue weighted by atomic mass is 16.6. The molecule has 3 aromatic rings. The van der Waals surface area contributed by atoms with Crippen molar-refractivity contribution in [3.05, 3.63) is 69.8 Å². The van der Waals surface area contributed by atoms with Gasteiger partial charge in [-0.2, -0.15) is 20.1 Å². The number of hydrogen-bond acceptors (Lipinski definition) is 9. The summed E-state index contributed by atoms with van der Waals surface area (Å²) in [5.41, 5.74) is 5.69. The van der Waals surface area contributed by atoms with Gasteiger partial charge in [-0.15, -0.1) is 0 Å². The van der Waals surface area contributed by atoms with E-state index in [2.05, 4.69) is 35.7 Å². The van der Waals surface area contributed by atoms with Crippen LogP contribution < -0.4 is 15.6 Å². The fraction of sp³-hybridized carbons (Fsp3) is 0.273. The molecule has 0 saturated carbocycles. The number of aromatic nitrogens is 3. The van der Waals surface area contributed by atoms with Crippen molar-refractivity contribution < 1.29 is 4.92 Å². The Labute approximate surface area is 185 Å². The minimum absolute atomic E-state index is 0.0213. The van der Waals surface area contributed by atoms with E-state index in [0.29, 0.717) is 23.5 Å². The minimum Gasteiger partial charge on any atom is -0.341 e. The van der Waals surface area contributed by atoms with Crippen LogP contribution in [0.2, 0.25) is 0 Å². The first kappa shape index (κ1) is 21.2. The van der Waals surface area contributed by atoms with E-state index >= 15 is 0 Å². The van der Waals surface area contributed by atoms with Crippen LogP contribution in [0.5, 0.6) is 0 Å². The first-order valence-corrected chi connectivity index (χ1v) is 10.4. The molecule has 1 fully saturated rings. The van der Waals surface area contributed by atoms with Crippen molar-refractivity contribution in [3.63, 3.8) is 0 Å². The topological polar surface area (TPSA) is 121 Å². The number of piperidine rings is 1. The number of benzene rings is 2. The molecule has 1 aliphatic rings. The first-order chi connectivity index (χ1) is 15.6. The Kier molecular flexibility index (Phi) is 6.49. The molecule has 0 spiro atoms. The van der Waals surface area contributed by atoms with Crippen molar-refractivity contribution in [1.29, 1.82) is 0 Å². The summed E-state index contributed by atoms with van der Waals surface area (Å²) in [4.78, 5) is 26.1. The Morgan fingerprint density at radius 2 is 1.66 bits per heavy atom. The lowest BCUT2D eigenvalue weighted by Crippen LogP contribution is -2.31. The Morgan fingerprint density at radius 3 is 2.34 bits per heavy atom. The molecule has 164 valence electrons. The summed E-state index contributed by atoms with van der Waals surface area (Å²) in [6.07, 6.45) is 5.07. The van der Waals surface area contributed by atoms with Gasteiger partial charge in [-0.25, -0.2) is 5.43 Å². The van der Waals surface area contributed by atoms with Gasteiger partial charge in [-0.3, -0.25) is 10.1 Å². The molecule has 0 radical (unpaired) electrons. The molecular weight excluding hydrogens is 408 g/mol. The SMILES string of the molecule is Cc1ccc(C=NNc2nc(Nc3ccc([N+](=O)[O-])cc3)nc(N3CCCCC3)n2)cc1. The molecule has 0 bridgehead atoms. The van der Waals surface area contributed by atoms with E-state index in [4.69, 9.17) is 0 Å². The number of non-ortho nitro benzene ring substituents is 1. The Balaban J connectivity index is 1.55. The van der Waals surface area contributed by atoms with Crippen LogP contribution in [0, 0.1) is 17.0 Å². The summed E-state index contributed by atoms with van der Waals surface area (Å²) >= 11 is 0. The van der Waals surface area contributed by atoms with E-state index < -0.39 is 4.92 Å².